The lowest BCUT2D eigenvalue weighted by atomic mass is 9.87. The van der Waals surface area contributed by atoms with Crippen molar-refractivity contribution in [3.8, 4) is 0 Å². The Morgan fingerprint density at radius 2 is 1.70 bits per heavy atom. The third-order valence-corrected chi connectivity index (χ3v) is 6.77. The van der Waals surface area contributed by atoms with Gasteiger partial charge in [-0.1, -0.05) is 75.4 Å². The first-order chi connectivity index (χ1) is 14.4. The summed E-state index contributed by atoms with van der Waals surface area (Å²) in [6, 6.07) is 19.1. The van der Waals surface area contributed by atoms with E-state index in [0.717, 1.165) is 43.5 Å². The van der Waals surface area contributed by atoms with Crippen LogP contribution in [0, 0.1) is 0 Å². The highest BCUT2D eigenvalue weighted by atomic mass is 32.2. The average molecular weight is 421 g/mol. The van der Waals surface area contributed by atoms with Gasteiger partial charge in [0, 0.05) is 5.56 Å². The van der Waals surface area contributed by atoms with Crippen molar-refractivity contribution in [1.82, 2.24) is 4.90 Å². The number of hydrogen-bond donors (Lipinski definition) is 1. The number of hydrogen-bond acceptors (Lipinski definition) is 3. The van der Waals surface area contributed by atoms with Crippen LogP contribution in [0.5, 0.6) is 0 Å². The van der Waals surface area contributed by atoms with Crippen LogP contribution in [-0.2, 0) is 16.8 Å². The summed E-state index contributed by atoms with van der Waals surface area (Å²) in [6.45, 7) is 11.7. The van der Waals surface area contributed by atoms with Crippen molar-refractivity contribution in [2.75, 3.05) is 26.2 Å². The number of nitrogens with zero attached hydrogens (tertiary/aromatic N) is 2. The predicted octanol–water partition coefficient (Wildman–Crippen LogP) is 3.36. The zero-order chi connectivity index (χ0) is 21.1. The molecule has 1 fully saturated rings. The molecule has 2 aromatic carbocycles. The number of nitrogens with one attached hydrogen (secondary N) is 1. The van der Waals surface area contributed by atoms with Crippen LogP contribution in [-0.4, -0.2) is 42.2 Å². The monoisotopic (exact) mass is 420 g/mol. The first kappa shape index (κ1) is 20.9. The summed E-state index contributed by atoms with van der Waals surface area (Å²) in [4.78, 5) is 21.4. The lowest BCUT2D eigenvalue weighted by Gasteiger charge is -2.32. The Morgan fingerprint density at radius 1 is 1.03 bits per heavy atom. The Labute approximate surface area is 183 Å². The van der Waals surface area contributed by atoms with Crippen LogP contribution >= 0.6 is 11.8 Å². The van der Waals surface area contributed by atoms with E-state index in [1.165, 1.54) is 22.9 Å². The molecule has 4 rings (SSSR count). The van der Waals surface area contributed by atoms with Crippen LogP contribution in [0.1, 0.15) is 37.5 Å². The summed E-state index contributed by atoms with van der Waals surface area (Å²) in [6.07, 6.45) is 1.97. The Hall–Kier alpha value is -2.37. The lowest BCUT2D eigenvalue weighted by molar-refractivity contribution is -0.917. The molecule has 2 heterocycles. The Balaban J connectivity index is 1.34. The first-order valence-corrected chi connectivity index (χ1v) is 11.5. The molecule has 0 saturated carbocycles. The van der Waals surface area contributed by atoms with Gasteiger partial charge in [-0.25, -0.2) is 0 Å². The molecule has 0 unspecified atom stereocenters. The molecule has 30 heavy (non-hydrogen) atoms. The summed E-state index contributed by atoms with van der Waals surface area (Å²) in [7, 11) is 0. The molecule has 1 amide bonds. The smallest absolute Gasteiger partial charge is 0.286 e. The molecule has 2 aliphatic heterocycles. The summed E-state index contributed by atoms with van der Waals surface area (Å²) in [5, 5.41) is 0.858. The van der Waals surface area contributed by atoms with Crippen molar-refractivity contribution in [3.63, 3.8) is 0 Å². The van der Waals surface area contributed by atoms with Crippen molar-refractivity contribution in [2.24, 2.45) is 4.99 Å². The van der Waals surface area contributed by atoms with E-state index in [2.05, 4.69) is 85.3 Å². The molecule has 5 heteroatoms. The molecule has 0 atom stereocenters. The summed E-state index contributed by atoms with van der Waals surface area (Å²) >= 11 is 1.51. The number of carbonyl (C=O) groups is 1. The summed E-state index contributed by atoms with van der Waals surface area (Å²) in [5.41, 5.74) is 3.85. The van der Waals surface area contributed by atoms with Gasteiger partial charge in [-0.05, 0) is 34.4 Å². The zero-order valence-electron chi connectivity index (χ0n) is 18.0. The van der Waals surface area contributed by atoms with Crippen LogP contribution in [0.4, 0.5) is 0 Å². The number of amidine groups is 1. The lowest BCUT2D eigenvalue weighted by Crippen LogP contribution is -3.13. The van der Waals surface area contributed by atoms with E-state index in [1.807, 2.05) is 6.08 Å². The van der Waals surface area contributed by atoms with Crippen LogP contribution < -0.4 is 4.90 Å². The maximum absolute atomic E-state index is 12.5. The summed E-state index contributed by atoms with van der Waals surface area (Å²) in [5.74, 6) is -0.117. The fraction of sp³-hybridized carbons (Fsp3) is 0.360. The second-order valence-corrected chi connectivity index (χ2v) is 10.1. The maximum atomic E-state index is 12.5. The minimum atomic E-state index is -0.117. The molecule has 0 bridgehead atoms. The number of carbonyl (C=O) groups excluding carboxylic acids is 1. The molecule has 4 nitrogen and oxygen atoms in total. The van der Waals surface area contributed by atoms with E-state index in [9.17, 15) is 4.79 Å². The van der Waals surface area contributed by atoms with Gasteiger partial charge in [0.15, 0.2) is 5.17 Å². The van der Waals surface area contributed by atoms with Gasteiger partial charge < -0.3 is 9.80 Å². The van der Waals surface area contributed by atoms with Crippen molar-refractivity contribution in [1.29, 1.82) is 0 Å². The van der Waals surface area contributed by atoms with Crippen LogP contribution in [0.15, 0.2) is 64.5 Å². The molecule has 0 spiro atoms. The maximum Gasteiger partial charge on any atom is 0.286 e. The average Bonchev–Trinajstić information content (AvgIpc) is 3.09. The quantitative estimate of drug-likeness (QED) is 0.774. The van der Waals surface area contributed by atoms with Crippen LogP contribution in [0.25, 0.3) is 6.08 Å². The normalized spacial score (nSPS) is 19.4. The van der Waals surface area contributed by atoms with Crippen LogP contribution in [0.3, 0.4) is 0 Å². The number of quaternary nitrogens is 1. The highest BCUT2D eigenvalue weighted by molar-refractivity contribution is 8.18. The van der Waals surface area contributed by atoms with Gasteiger partial charge in [-0.3, -0.25) is 4.79 Å². The number of piperazine rings is 1. The van der Waals surface area contributed by atoms with E-state index >= 15 is 0 Å². The molecule has 1 N–H and O–H groups in total. The van der Waals surface area contributed by atoms with E-state index < -0.39 is 0 Å². The van der Waals surface area contributed by atoms with Gasteiger partial charge in [0.2, 0.25) is 0 Å². The first-order valence-electron chi connectivity index (χ1n) is 10.6. The number of amides is 1. The van der Waals surface area contributed by atoms with Gasteiger partial charge in [0.05, 0.1) is 31.1 Å². The molecular formula is C25H30N3OS+. The molecular weight excluding hydrogens is 390 g/mol. The van der Waals surface area contributed by atoms with Crippen molar-refractivity contribution in [3.05, 3.63) is 76.2 Å². The van der Waals surface area contributed by atoms with Gasteiger partial charge in [0.25, 0.3) is 5.91 Å². The van der Waals surface area contributed by atoms with Gasteiger partial charge in [-0.15, -0.1) is 0 Å². The van der Waals surface area contributed by atoms with Gasteiger partial charge >= 0.3 is 0 Å². The number of benzene rings is 2. The van der Waals surface area contributed by atoms with Gasteiger partial charge in [-0.2, -0.15) is 4.99 Å². The minimum absolute atomic E-state index is 0.117. The number of thioether (sulfide) groups is 1. The highest BCUT2D eigenvalue weighted by Crippen LogP contribution is 2.31. The van der Waals surface area contributed by atoms with Crippen molar-refractivity contribution in [2.45, 2.75) is 32.7 Å². The standard InChI is InChI=1S/C25H29N3OS/c1-25(2,3)21-11-9-19(10-12-21)17-22-23(29)26-24(30-22)28-15-13-27(14-16-28)18-20-7-5-4-6-8-20/h4-12,17H,13-16,18H2,1-3H3/p+1/b22-17+. The fourth-order valence-corrected chi connectivity index (χ4v) is 4.80. The summed E-state index contributed by atoms with van der Waals surface area (Å²) < 4.78 is 0. The van der Waals surface area contributed by atoms with Crippen molar-refractivity contribution >= 4 is 28.9 Å². The predicted molar refractivity (Wildman–Crippen MR) is 126 cm³/mol. The third kappa shape index (κ3) is 5.02. The molecule has 2 aromatic rings. The van der Waals surface area contributed by atoms with Gasteiger partial charge in [0.1, 0.15) is 6.54 Å². The highest BCUT2D eigenvalue weighted by Gasteiger charge is 2.29. The zero-order valence-corrected chi connectivity index (χ0v) is 18.8. The number of aliphatic imine (C=N–C) groups is 1. The molecule has 156 valence electrons. The topological polar surface area (TPSA) is 37.1 Å². The number of rotatable bonds is 3. The van der Waals surface area contributed by atoms with E-state index in [1.54, 1.807) is 4.90 Å². The Bertz CT molecular complexity index is 950. The Kier molecular flexibility index (Phi) is 6.11. The SMILES string of the molecule is CC(C)(C)c1ccc(/C=C2/SC(N3CC[NH+](Cc4ccccc4)CC3)=NC2=O)cc1. The molecule has 2 aliphatic rings. The second kappa shape index (κ2) is 8.78. The Morgan fingerprint density at radius 3 is 2.33 bits per heavy atom. The third-order valence-electron chi connectivity index (χ3n) is 5.72. The molecule has 0 aliphatic carbocycles. The molecule has 1 saturated heterocycles. The van der Waals surface area contributed by atoms with E-state index in [-0.39, 0.29) is 11.3 Å². The molecule has 0 radical (unpaired) electrons. The van der Waals surface area contributed by atoms with E-state index in [0.29, 0.717) is 4.91 Å². The minimum Gasteiger partial charge on any atom is -0.339 e. The second-order valence-electron chi connectivity index (χ2n) is 9.08. The fourth-order valence-electron chi connectivity index (χ4n) is 3.84. The van der Waals surface area contributed by atoms with E-state index in [4.69, 9.17) is 0 Å². The largest absolute Gasteiger partial charge is 0.339 e. The molecule has 0 aromatic heterocycles. The van der Waals surface area contributed by atoms with Crippen molar-refractivity contribution < 1.29 is 9.69 Å². The van der Waals surface area contributed by atoms with Crippen LogP contribution in [0.2, 0.25) is 0 Å².